The van der Waals surface area contributed by atoms with Crippen molar-refractivity contribution in [1.29, 1.82) is 0 Å². The van der Waals surface area contributed by atoms with E-state index in [1.54, 1.807) is 0 Å². The van der Waals surface area contributed by atoms with E-state index in [4.69, 9.17) is 9.16 Å². The van der Waals surface area contributed by atoms with Gasteiger partial charge in [0.25, 0.3) is 8.32 Å². The van der Waals surface area contributed by atoms with Crippen molar-refractivity contribution < 1.29 is 14.0 Å². The molecule has 146 valence electrons. The second kappa shape index (κ2) is 7.59. The van der Waals surface area contributed by atoms with E-state index in [9.17, 15) is 4.79 Å². The van der Waals surface area contributed by atoms with Crippen LogP contribution in [0, 0.1) is 13.8 Å². The van der Waals surface area contributed by atoms with Gasteiger partial charge in [0.05, 0.1) is 5.56 Å². The molecular formula is C20H30Br2O3Si. The number of Topliss-reactive ketones (excluding diaryl/α,β-unsaturated/α-hetero) is 1. The first-order chi connectivity index (χ1) is 11.9. The molecule has 2 rings (SSSR count). The summed E-state index contributed by atoms with van der Waals surface area (Å²) in [5, 5.41) is 0. The summed E-state index contributed by atoms with van der Waals surface area (Å²) in [6, 6.07) is 1.91. The van der Waals surface area contributed by atoms with Crippen LogP contribution in [-0.2, 0) is 0 Å². The Bertz CT molecular complexity index is 690. The first-order valence-corrected chi connectivity index (χ1v) is 13.0. The number of halogens is 2. The fourth-order valence-electron chi connectivity index (χ4n) is 4.42. The summed E-state index contributed by atoms with van der Waals surface area (Å²) < 4.78 is 12.0. The van der Waals surface area contributed by atoms with Gasteiger partial charge in [0.2, 0.25) is 0 Å². The first kappa shape index (κ1) is 22.0. The maximum Gasteiger partial charge on any atom is 0.258 e. The SMILES string of the molecule is Cc1cc2c(c(C)c1O[Si](C(C)C)(C(C)C)C(C)C)OCC(Br)(Br)C2=O. The van der Waals surface area contributed by atoms with E-state index >= 15 is 0 Å². The van der Waals surface area contributed by atoms with Gasteiger partial charge in [-0.3, -0.25) is 4.79 Å². The van der Waals surface area contributed by atoms with Crippen LogP contribution >= 0.6 is 31.9 Å². The molecule has 0 saturated carbocycles. The average molecular weight is 506 g/mol. The monoisotopic (exact) mass is 504 g/mol. The number of carbonyl (C=O) groups is 1. The molecule has 26 heavy (non-hydrogen) atoms. The number of benzene rings is 1. The molecule has 0 atom stereocenters. The van der Waals surface area contributed by atoms with Gasteiger partial charge in [0, 0.05) is 5.56 Å². The van der Waals surface area contributed by atoms with Crippen molar-refractivity contribution in [2.24, 2.45) is 0 Å². The van der Waals surface area contributed by atoms with Crippen LogP contribution < -0.4 is 9.16 Å². The molecule has 0 radical (unpaired) electrons. The molecule has 0 unspecified atom stereocenters. The van der Waals surface area contributed by atoms with Crippen molar-refractivity contribution >= 4 is 46.0 Å². The highest BCUT2D eigenvalue weighted by Gasteiger charge is 2.48. The average Bonchev–Trinajstić information content (AvgIpc) is 2.50. The number of hydrogen-bond acceptors (Lipinski definition) is 3. The van der Waals surface area contributed by atoms with Crippen molar-refractivity contribution in [1.82, 2.24) is 0 Å². The molecule has 0 fully saturated rings. The highest BCUT2D eigenvalue weighted by atomic mass is 79.9. The summed E-state index contributed by atoms with van der Waals surface area (Å²) >= 11 is 6.84. The van der Waals surface area contributed by atoms with Crippen molar-refractivity contribution in [2.75, 3.05) is 6.61 Å². The van der Waals surface area contributed by atoms with Gasteiger partial charge >= 0.3 is 0 Å². The lowest BCUT2D eigenvalue weighted by Crippen LogP contribution is -2.51. The molecule has 0 aliphatic carbocycles. The van der Waals surface area contributed by atoms with Gasteiger partial charge in [0.15, 0.2) is 9.02 Å². The van der Waals surface area contributed by atoms with E-state index in [2.05, 4.69) is 73.4 Å². The molecule has 1 aromatic carbocycles. The Hall–Kier alpha value is -0.333. The van der Waals surface area contributed by atoms with Crippen LogP contribution in [0.4, 0.5) is 0 Å². The van der Waals surface area contributed by atoms with Gasteiger partial charge in [0.1, 0.15) is 18.1 Å². The minimum atomic E-state index is -2.08. The van der Waals surface area contributed by atoms with E-state index in [1.165, 1.54) is 0 Å². The minimum Gasteiger partial charge on any atom is -0.542 e. The zero-order valence-electron chi connectivity index (χ0n) is 17.0. The van der Waals surface area contributed by atoms with E-state index in [0.717, 1.165) is 16.9 Å². The number of carbonyl (C=O) groups excluding carboxylic acids is 1. The lowest BCUT2D eigenvalue weighted by atomic mass is 9.98. The van der Waals surface area contributed by atoms with Crippen molar-refractivity contribution in [3.63, 3.8) is 0 Å². The van der Waals surface area contributed by atoms with Gasteiger partial charge in [-0.1, -0.05) is 73.4 Å². The molecule has 0 bridgehead atoms. The molecule has 1 heterocycles. The van der Waals surface area contributed by atoms with Gasteiger partial charge in [-0.25, -0.2) is 0 Å². The Morgan fingerprint density at radius 2 is 1.58 bits per heavy atom. The van der Waals surface area contributed by atoms with Crippen LogP contribution in [0.5, 0.6) is 11.5 Å². The Morgan fingerprint density at radius 3 is 2.04 bits per heavy atom. The summed E-state index contributed by atoms with van der Waals surface area (Å²) in [5.41, 5.74) is 3.99. The maximum absolute atomic E-state index is 12.8. The number of aryl methyl sites for hydroxylation is 1. The Kier molecular flexibility index (Phi) is 6.41. The quantitative estimate of drug-likeness (QED) is 0.321. The smallest absolute Gasteiger partial charge is 0.258 e. The summed E-state index contributed by atoms with van der Waals surface area (Å²) in [6.45, 7) is 17.9. The lowest BCUT2D eigenvalue weighted by Gasteiger charge is -2.43. The standard InChI is InChI=1S/C20H30Br2O3Si/c1-11(2)26(12(3)4,13(5)6)25-17-14(7)9-16-18(15(17)8)24-10-20(21,22)19(16)23/h9,11-13H,10H2,1-8H3. The highest BCUT2D eigenvalue weighted by molar-refractivity contribution is 9.26. The summed E-state index contributed by atoms with van der Waals surface area (Å²) in [4.78, 5) is 12.8. The topological polar surface area (TPSA) is 35.5 Å². The van der Waals surface area contributed by atoms with Crippen LogP contribution in [0.1, 0.15) is 63.0 Å². The summed E-state index contributed by atoms with van der Waals surface area (Å²) in [5.74, 6) is 1.55. The Balaban J connectivity index is 2.61. The predicted octanol–water partition coefficient (Wildman–Crippen LogP) is 6.92. The van der Waals surface area contributed by atoms with Crippen molar-refractivity contribution in [3.8, 4) is 11.5 Å². The maximum atomic E-state index is 12.8. The normalized spacial score (nSPS) is 16.9. The van der Waals surface area contributed by atoms with E-state index in [-0.39, 0.29) is 12.4 Å². The van der Waals surface area contributed by atoms with Crippen molar-refractivity contribution in [3.05, 3.63) is 22.8 Å². The van der Waals surface area contributed by atoms with Crippen molar-refractivity contribution in [2.45, 2.75) is 75.2 Å². The van der Waals surface area contributed by atoms with Gasteiger partial charge in [-0.05, 0) is 42.1 Å². The highest BCUT2D eigenvalue weighted by Crippen LogP contribution is 2.48. The molecule has 1 aromatic rings. The molecule has 6 heteroatoms. The molecule has 0 aromatic heterocycles. The van der Waals surface area contributed by atoms with Crippen LogP contribution in [0.25, 0.3) is 0 Å². The molecule has 1 aliphatic heterocycles. The molecular weight excluding hydrogens is 476 g/mol. The fourth-order valence-corrected chi connectivity index (χ4v) is 10.4. The minimum absolute atomic E-state index is 0.00316. The molecule has 3 nitrogen and oxygen atoms in total. The number of fused-ring (bicyclic) bond motifs is 1. The van der Waals surface area contributed by atoms with Crippen LogP contribution in [0.2, 0.25) is 16.6 Å². The third-order valence-electron chi connectivity index (χ3n) is 5.61. The lowest BCUT2D eigenvalue weighted by molar-refractivity contribution is 0.0932. The third kappa shape index (κ3) is 3.53. The fraction of sp³-hybridized carbons (Fsp3) is 0.650. The number of alkyl halides is 2. The number of ketones is 1. The molecule has 0 spiro atoms. The Morgan fingerprint density at radius 1 is 1.08 bits per heavy atom. The van der Waals surface area contributed by atoms with E-state index < -0.39 is 11.6 Å². The third-order valence-corrected chi connectivity index (χ3v) is 12.8. The number of hydrogen-bond donors (Lipinski definition) is 0. The van der Waals surface area contributed by atoms with E-state index in [0.29, 0.717) is 27.9 Å². The zero-order chi connectivity index (χ0) is 20.0. The first-order valence-electron chi connectivity index (χ1n) is 9.24. The van der Waals surface area contributed by atoms with E-state index in [1.807, 2.05) is 19.9 Å². The van der Waals surface area contributed by atoms with Crippen LogP contribution in [0.3, 0.4) is 0 Å². The number of ether oxygens (including phenoxy) is 1. The second-order valence-electron chi connectivity index (χ2n) is 8.27. The largest absolute Gasteiger partial charge is 0.542 e. The molecule has 0 saturated heterocycles. The predicted molar refractivity (Wildman–Crippen MR) is 118 cm³/mol. The number of rotatable bonds is 5. The molecule has 0 amide bonds. The summed E-state index contributed by atoms with van der Waals surface area (Å²) in [6.07, 6.45) is 0. The van der Waals surface area contributed by atoms with Gasteiger partial charge in [-0.15, -0.1) is 0 Å². The Labute approximate surface area is 175 Å². The zero-order valence-corrected chi connectivity index (χ0v) is 21.2. The second-order valence-corrected chi connectivity index (χ2v) is 17.4. The van der Waals surface area contributed by atoms with Crippen LogP contribution in [0.15, 0.2) is 6.07 Å². The summed E-state index contributed by atoms with van der Waals surface area (Å²) in [7, 11) is -2.08. The van der Waals surface area contributed by atoms with Gasteiger partial charge in [-0.2, -0.15) is 0 Å². The molecule has 1 aliphatic rings. The molecule has 0 N–H and O–H groups in total. The van der Waals surface area contributed by atoms with Gasteiger partial charge < -0.3 is 9.16 Å². The van der Waals surface area contributed by atoms with Crippen LogP contribution in [-0.4, -0.2) is 23.9 Å².